The van der Waals surface area contributed by atoms with Crippen LogP contribution in [0.15, 0.2) is 53.4 Å². The van der Waals surface area contributed by atoms with Gasteiger partial charge in [0.1, 0.15) is 5.76 Å². The molecule has 1 aliphatic heterocycles. The number of Topliss-reactive ketones (excluding diaryl/α,β-unsaturated/α-hetero) is 1. The summed E-state index contributed by atoms with van der Waals surface area (Å²) in [6, 6.07) is 16.2. The van der Waals surface area contributed by atoms with Crippen LogP contribution in [0.1, 0.15) is 62.1 Å². The zero-order valence-corrected chi connectivity index (χ0v) is 17.9. The standard InChI is InChI=1S/C24H26O4S/c1-16(2)17-6-8-18(9-7-17)21-22(27-24(23(21)25)14-4-5-15-24)19-10-12-20(13-11-19)29-28-26-3/h6-13,16H,4-5,14-15H2,1-3H3. The maximum atomic E-state index is 13.5. The van der Waals surface area contributed by atoms with Crippen molar-refractivity contribution < 1.29 is 18.8 Å². The predicted octanol–water partition coefficient (Wildman–Crippen LogP) is 6.18. The molecule has 0 bridgehead atoms. The number of ether oxygens (including phenoxy) is 1. The highest BCUT2D eigenvalue weighted by Crippen LogP contribution is 2.49. The van der Waals surface area contributed by atoms with Gasteiger partial charge in [-0.3, -0.25) is 4.79 Å². The number of hydrogen-bond acceptors (Lipinski definition) is 5. The zero-order valence-electron chi connectivity index (χ0n) is 17.1. The Hall–Kier alpha value is -2.08. The number of benzene rings is 2. The van der Waals surface area contributed by atoms with Gasteiger partial charge in [-0.1, -0.05) is 50.2 Å². The van der Waals surface area contributed by atoms with Crippen LogP contribution >= 0.6 is 12.0 Å². The number of hydrogen-bond donors (Lipinski definition) is 0. The summed E-state index contributed by atoms with van der Waals surface area (Å²) in [4.78, 5) is 19.1. The summed E-state index contributed by atoms with van der Waals surface area (Å²) in [5, 5.41) is 0. The number of carbonyl (C=O) groups is 1. The van der Waals surface area contributed by atoms with Crippen LogP contribution in [0.25, 0.3) is 11.3 Å². The maximum absolute atomic E-state index is 13.5. The van der Waals surface area contributed by atoms with Gasteiger partial charge in [0.05, 0.1) is 24.7 Å². The highest BCUT2D eigenvalue weighted by atomic mass is 32.2. The van der Waals surface area contributed by atoms with Crippen molar-refractivity contribution in [3.63, 3.8) is 0 Å². The third kappa shape index (κ3) is 3.87. The molecule has 2 aliphatic rings. The van der Waals surface area contributed by atoms with Gasteiger partial charge in [0.25, 0.3) is 0 Å². The van der Waals surface area contributed by atoms with E-state index in [4.69, 9.17) is 9.07 Å². The fourth-order valence-electron chi connectivity index (χ4n) is 4.13. The van der Waals surface area contributed by atoms with Crippen molar-refractivity contribution in [2.75, 3.05) is 7.11 Å². The molecule has 1 fully saturated rings. The molecule has 1 heterocycles. The van der Waals surface area contributed by atoms with E-state index in [9.17, 15) is 4.79 Å². The lowest BCUT2D eigenvalue weighted by Crippen LogP contribution is -2.33. The Morgan fingerprint density at radius 3 is 2.17 bits per heavy atom. The first kappa shape index (κ1) is 20.2. The van der Waals surface area contributed by atoms with Crippen LogP contribution < -0.4 is 0 Å². The van der Waals surface area contributed by atoms with Gasteiger partial charge in [-0.25, -0.2) is 4.89 Å². The van der Waals surface area contributed by atoms with Crippen LogP contribution in [0.5, 0.6) is 0 Å². The van der Waals surface area contributed by atoms with E-state index in [-0.39, 0.29) is 5.78 Å². The average Bonchev–Trinajstić information content (AvgIpc) is 3.33. The molecule has 1 spiro atoms. The van der Waals surface area contributed by atoms with Crippen LogP contribution in [-0.4, -0.2) is 18.5 Å². The quantitative estimate of drug-likeness (QED) is 0.323. The molecule has 4 nitrogen and oxygen atoms in total. The molecular weight excluding hydrogens is 384 g/mol. The molecule has 0 radical (unpaired) electrons. The van der Waals surface area contributed by atoms with Gasteiger partial charge in [0.2, 0.25) is 5.78 Å². The van der Waals surface area contributed by atoms with Crippen molar-refractivity contribution in [3.05, 3.63) is 65.2 Å². The van der Waals surface area contributed by atoms with E-state index >= 15 is 0 Å². The second kappa shape index (κ2) is 8.34. The SMILES string of the molecule is COOSc1ccc(C2=C(c3ccc(C(C)C)cc3)C(=O)C3(CCCC3)O2)cc1. The van der Waals surface area contributed by atoms with Crippen molar-refractivity contribution in [3.8, 4) is 0 Å². The van der Waals surface area contributed by atoms with Crippen molar-refractivity contribution in [2.24, 2.45) is 0 Å². The van der Waals surface area contributed by atoms with Gasteiger partial charge in [-0.2, -0.15) is 4.33 Å². The Morgan fingerprint density at radius 1 is 0.966 bits per heavy atom. The zero-order chi connectivity index (χ0) is 20.4. The molecule has 2 aromatic rings. The van der Waals surface area contributed by atoms with E-state index < -0.39 is 5.60 Å². The summed E-state index contributed by atoms with van der Waals surface area (Å²) < 4.78 is 11.4. The first-order valence-corrected chi connectivity index (χ1v) is 10.8. The molecule has 0 N–H and O–H groups in total. The number of rotatable bonds is 6. The van der Waals surface area contributed by atoms with Gasteiger partial charge in [-0.05, 0) is 54.9 Å². The Morgan fingerprint density at radius 2 is 1.59 bits per heavy atom. The first-order chi connectivity index (χ1) is 14.0. The van der Waals surface area contributed by atoms with Crippen molar-refractivity contribution in [1.29, 1.82) is 0 Å². The molecular formula is C24H26O4S. The second-order valence-electron chi connectivity index (χ2n) is 7.96. The Bertz CT molecular complexity index is 907. The molecule has 152 valence electrons. The Labute approximate surface area is 176 Å². The average molecular weight is 411 g/mol. The first-order valence-electron chi connectivity index (χ1n) is 10.1. The van der Waals surface area contributed by atoms with Crippen molar-refractivity contribution in [2.45, 2.75) is 55.9 Å². The maximum Gasteiger partial charge on any atom is 0.210 e. The largest absolute Gasteiger partial charge is 0.478 e. The van der Waals surface area contributed by atoms with Gasteiger partial charge >= 0.3 is 0 Å². The van der Waals surface area contributed by atoms with Crippen LogP contribution in [0.4, 0.5) is 0 Å². The number of carbonyl (C=O) groups excluding carboxylic acids is 1. The van der Waals surface area contributed by atoms with Crippen LogP contribution in [-0.2, 0) is 18.8 Å². The molecule has 1 saturated carbocycles. The minimum atomic E-state index is -0.687. The third-order valence-corrected chi connectivity index (χ3v) is 6.43. The van der Waals surface area contributed by atoms with Crippen molar-refractivity contribution >= 4 is 29.2 Å². The Balaban J connectivity index is 1.74. The van der Waals surface area contributed by atoms with E-state index in [1.165, 1.54) is 12.7 Å². The lowest BCUT2D eigenvalue weighted by Gasteiger charge is -2.22. The summed E-state index contributed by atoms with van der Waals surface area (Å²) in [6.45, 7) is 4.34. The molecule has 0 saturated heterocycles. The number of ketones is 1. The minimum absolute atomic E-state index is 0.128. The predicted molar refractivity (Wildman–Crippen MR) is 115 cm³/mol. The summed E-state index contributed by atoms with van der Waals surface area (Å²) in [7, 11) is 1.47. The molecule has 29 heavy (non-hydrogen) atoms. The van der Waals surface area contributed by atoms with Gasteiger partial charge < -0.3 is 4.74 Å². The van der Waals surface area contributed by atoms with Gasteiger partial charge in [0, 0.05) is 10.5 Å². The molecule has 2 aromatic carbocycles. The van der Waals surface area contributed by atoms with E-state index in [0.717, 1.165) is 53.7 Å². The Kier molecular flexibility index (Phi) is 5.81. The smallest absolute Gasteiger partial charge is 0.210 e. The summed E-state index contributed by atoms with van der Waals surface area (Å²) >= 11 is 1.15. The molecule has 5 heteroatoms. The van der Waals surface area contributed by atoms with Gasteiger partial charge in [0.15, 0.2) is 5.60 Å². The summed E-state index contributed by atoms with van der Waals surface area (Å²) in [6.07, 6.45) is 3.64. The van der Waals surface area contributed by atoms with Crippen LogP contribution in [0.3, 0.4) is 0 Å². The van der Waals surface area contributed by atoms with E-state index in [0.29, 0.717) is 17.3 Å². The van der Waals surface area contributed by atoms with Crippen LogP contribution in [0, 0.1) is 0 Å². The third-order valence-electron chi connectivity index (χ3n) is 5.76. The molecule has 0 aromatic heterocycles. The minimum Gasteiger partial charge on any atom is -0.478 e. The topological polar surface area (TPSA) is 44.8 Å². The monoisotopic (exact) mass is 410 g/mol. The lowest BCUT2D eigenvalue weighted by molar-refractivity contribution is -0.160. The normalized spacial score (nSPS) is 18.1. The fourth-order valence-corrected chi connectivity index (χ4v) is 4.53. The van der Waals surface area contributed by atoms with E-state index in [1.807, 2.05) is 24.3 Å². The molecule has 0 amide bonds. The molecule has 0 unspecified atom stereocenters. The van der Waals surface area contributed by atoms with Crippen LogP contribution in [0.2, 0.25) is 0 Å². The van der Waals surface area contributed by atoms with E-state index in [1.54, 1.807) is 0 Å². The molecule has 1 aliphatic carbocycles. The molecule has 0 atom stereocenters. The highest BCUT2D eigenvalue weighted by Gasteiger charge is 2.51. The van der Waals surface area contributed by atoms with Gasteiger partial charge in [-0.15, -0.1) is 0 Å². The van der Waals surface area contributed by atoms with Crippen molar-refractivity contribution in [1.82, 2.24) is 0 Å². The lowest BCUT2D eigenvalue weighted by atomic mass is 9.88. The van der Waals surface area contributed by atoms with E-state index in [2.05, 4.69) is 43.0 Å². The second-order valence-corrected chi connectivity index (χ2v) is 8.73. The fraction of sp³-hybridized carbons (Fsp3) is 0.375. The summed E-state index contributed by atoms with van der Waals surface area (Å²) in [5.74, 6) is 1.27. The highest BCUT2D eigenvalue weighted by molar-refractivity contribution is 7.94. The molecule has 4 rings (SSSR count). The summed E-state index contributed by atoms with van der Waals surface area (Å²) in [5.41, 5.74) is 3.12.